The van der Waals surface area contributed by atoms with Crippen LogP contribution in [0.2, 0.25) is 0 Å². The summed E-state index contributed by atoms with van der Waals surface area (Å²) in [7, 11) is 1.50. The van der Waals surface area contributed by atoms with Crippen LogP contribution in [0.15, 0.2) is 48.3 Å². The van der Waals surface area contributed by atoms with E-state index in [2.05, 4.69) is 0 Å². The second kappa shape index (κ2) is 10.9. The summed E-state index contributed by atoms with van der Waals surface area (Å²) in [6.45, 7) is 4.40. The van der Waals surface area contributed by atoms with Crippen molar-refractivity contribution in [1.82, 2.24) is 4.90 Å². The summed E-state index contributed by atoms with van der Waals surface area (Å²) in [5, 5.41) is 19.8. The lowest BCUT2D eigenvalue weighted by Crippen LogP contribution is -2.60. The first-order valence-electron chi connectivity index (χ1n) is 11.4. The summed E-state index contributed by atoms with van der Waals surface area (Å²) in [6.07, 6.45) is 2.05. The van der Waals surface area contributed by atoms with Gasteiger partial charge >= 0.3 is 0 Å². The molecule has 1 aliphatic heterocycles. The first-order valence-corrected chi connectivity index (χ1v) is 11.4. The number of likely N-dealkylation sites (tertiary alicyclic amines) is 1. The molecule has 36 heavy (non-hydrogen) atoms. The van der Waals surface area contributed by atoms with E-state index >= 15 is 0 Å². The van der Waals surface area contributed by atoms with Crippen LogP contribution in [0.25, 0.3) is 0 Å². The van der Waals surface area contributed by atoms with Gasteiger partial charge in [-0.25, -0.2) is 10.2 Å². The average Bonchev–Trinajstić information content (AvgIpc) is 2.78. The van der Waals surface area contributed by atoms with E-state index in [1.807, 2.05) is 0 Å². The molecular formula is C25H33FN6O4. The Morgan fingerprint density at radius 2 is 1.97 bits per heavy atom. The van der Waals surface area contributed by atoms with Crippen molar-refractivity contribution >= 4 is 23.0 Å². The summed E-state index contributed by atoms with van der Waals surface area (Å²) in [6, 6.07) is 8.67. The zero-order valence-corrected chi connectivity index (χ0v) is 20.6. The van der Waals surface area contributed by atoms with Crippen LogP contribution in [0, 0.1) is 11.2 Å². The standard InChI is InChI=1S/C25H33FN6O4/c1-25(2,34)22-8-9-31(22)24(33)15-4-6-16(7-5-15)32(30)14-20(28)23(29)17-12-18(26)21(13-19(17)27)36-11-10-35-3/h4-7,12-14,22,29,34H,8-11,27-28,30H2,1-3H3/b20-14-,29-23?/t22-/m0/s1. The van der Waals surface area contributed by atoms with E-state index in [9.17, 15) is 14.3 Å². The van der Waals surface area contributed by atoms with Gasteiger partial charge in [0, 0.05) is 42.7 Å². The molecule has 194 valence electrons. The molecule has 10 nitrogen and oxygen atoms in total. The highest BCUT2D eigenvalue weighted by atomic mass is 19.1. The number of ether oxygens (including phenoxy) is 2. The number of hydrogen-bond donors (Lipinski definition) is 5. The number of nitrogen functional groups attached to an aromatic ring is 1. The molecule has 2 aromatic carbocycles. The normalized spacial score (nSPS) is 15.9. The van der Waals surface area contributed by atoms with Crippen molar-refractivity contribution in [3.8, 4) is 5.75 Å². The molecule has 0 saturated carbocycles. The molecule has 1 atom stereocenters. The molecule has 1 aliphatic rings. The van der Waals surface area contributed by atoms with Crippen LogP contribution in [0.1, 0.15) is 36.2 Å². The second-order valence-corrected chi connectivity index (χ2v) is 9.08. The predicted molar refractivity (Wildman–Crippen MR) is 136 cm³/mol. The predicted octanol–water partition coefficient (Wildman–Crippen LogP) is 1.97. The van der Waals surface area contributed by atoms with Crippen molar-refractivity contribution < 1.29 is 23.8 Å². The van der Waals surface area contributed by atoms with Crippen LogP contribution in [-0.2, 0) is 4.74 Å². The summed E-state index contributed by atoms with van der Waals surface area (Å²) in [5.41, 5.74) is 12.0. The van der Waals surface area contributed by atoms with Gasteiger partial charge in [-0.3, -0.25) is 15.2 Å². The Balaban J connectivity index is 1.70. The van der Waals surface area contributed by atoms with E-state index in [1.165, 1.54) is 24.4 Å². The third-order valence-corrected chi connectivity index (χ3v) is 5.99. The number of nitrogens with zero attached hydrogens (tertiary/aromatic N) is 2. The van der Waals surface area contributed by atoms with Crippen molar-refractivity contribution in [3.05, 3.63) is 65.2 Å². The molecule has 0 radical (unpaired) electrons. The summed E-state index contributed by atoms with van der Waals surface area (Å²) in [4.78, 5) is 14.4. The quantitative estimate of drug-likeness (QED) is 0.109. The third kappa shape index (κ3) is 5.93. The number of halogens is 1. The van der Waals surface area contributed by atoms with E-state index in [4.69, 9.17) is 32.2 Å². The minimum Gasteiger partial charge on any atom is -0.488 e. The number of benzene rings is 2. The van der Waals surface area contributed by atoms with Crippen LogP contribution >= 0.6 is 0 Å². The minimum atomic E-state index is -0.974. The van der Waals surface area contributed by atoms with Crippen LogP contribution in [0.3, 0.4) is 0 Å². The highest BCUT2D eigenvalue weighted by Crippen LogP contribution is 2.30. The number of hydrazine groups is 1. The molecule has 0 aliphatic carbocycles. The van der Waals surface area contributed by atoms with Gasteiger partial charge in [-0.1, -0.05) is 0 Å². The fraction of sp³-hybridized carbons (Fsp3) is 0.360. The molecule has 1 fully saturated rings. The van der Waals surface area contributed by atoms with Crippen molar-refractivity contribution in [2.24, 2.45) is 11.6 Å². The number of nitrogens with two attached hydrogens (primary N) is 3. The molecule has 1 saturated heterocycles. The van der Waals surface area contributed by atoms with Crippen LogP contribution in [0.4, 0.5) is 15.8 Å². The molecule has 1 heterocycles. The maximum absolute atomic E-state index is 14.4. The largest absolute Gasteiger partial charge is 0.488 e. The van der Waals surface area contributed by atoms with E-state index < -0.39 is 11.4 Å². The van der Waals surface area contributed by atoms with Gasteiger partial charge in [0.2, 0.25) is 0 Å². The lowest BCUT2D eigenvalue weighted by atomic mass is 9.87. The summed E-state index contributed by atoms with van der Waals surface area (Å²) < 4.78 is 24.6. The number of amides is 1. The van der Waals surface area contributed by atoms with E-state index in [0.717, 1.165) is 12.5 Å². The smallest absolute Gasteiger partial charge is 0.254 e. The number of methoxy groups -OCH3 is 1. The second-order valence-electron chi connectivity index (χ2n) is 9.08. The molecule has 0 unspecified atom stereocenters. The third-order valence-electron chi connectivity index (χ3n) is 5.99. The van der Waals surface area contributed by atoms with Gasteiger partial charge < -0.3 is 30.9 Å². The van der Waals surface area contributed by atoms with Gasteiger partial charge in [0.05, 0.1) is 35.3 Å². The van der Waals surface area contributed by atoms with Gasteiger partial charge in [0.15, 0.2) is 11.6 Å². The van der Waals surface area contributed by atoms with Gasteiger partial charge in [-0.2, -0.15) is 0 Å². The van der Waals surface area contributed by atoms with Gasteiger partial charge in [-0.05, 0) is 50.6 Å². The maximum Gasteiger partial charge on any atom is 0.254 e. The molecular weight excluding hydrogens is 467 g/mol. The number of allylic oxidation sites excluding steroid dienone is 1. The van der Waals surface area contributed by atoms with Gasteiger partial charge in [0.1, 0.15) is 6.61 Å². The minimum absolute atomic E-state index is 0.0501. The molecule has 1 amide bonds. The zero-order chi connectivity index (χ0) is 26.6. The van der Waals surface area contributed by atoms with Crippen molar-refractivity contribution in [2.45, 2.75) is 31.9 Å². The lowest BCUT2D eigenvalue weighted by Gasteiger charge is -2.47. The van der Waals surface area contributed by atoms with Crippen molar-refractivity contribution in [2.75, 3.05) is 37.6 Å². The molecule has 11 heteroatoms. The number of rotatable bonds is 10. The van der Waals surface area contributed by atoms with E-state index in [-0.39, 0.29) is 53.6 Å². The highest BCUT2D eigenvalue weighted by molar-refractivity contribution is 6.13. The molecule has 0 bridgehead atoms. The Morgan fingerprint density at radius 1 is 1.31 bits per heavy atom. The monoisotopic (exact) mass is 500 g/mol. The number of aliphatic hydroxyl groups is 1. The first kappa shape index (κ1) is 26.9. The van der Waals surface area contributed by atoms with Crippen molar-refractivity contribution in [3.63, 3.8) is 0 Å². The maximum atomic E-state index is 14.4. The molecule has 2 aromatic rings. The van der Waals surface area contributed by atoms with Crippen LogP contribution in [-0.4, -0.2) is 60.1 Å². The van der Waals surface area contributed by atoms with Crippen LogP contribution in [0.5, 0.6) is 5.75 Å². The topological polar surface area (TPSA) is 164 Å². The number of carbonyl (C=O) groups is 1. The van der Waals surface area contributed by atoms with Crippen molar-refractivity contribution in [1.29, 1.82) is 5.41 Å². The fourth-order valence-corrected chi connectivity index (χ4v) is 3.88. The Labute approximate surface area is 209 Å². The Hall–Kier alpha value is -3.67. The first-order chi connectivity index (χ1) is 16.9. The van der Waals surface area contributed by atoms with Gasteiger partial charge in [0.25, 0.3) is 5.91 Å². The fourth-order valence-electron chi connectivity index (χ4n) is 3.88. The number of nitrogens with one attached hydrogen (secondary N) is 1. The Kier molecular flexibility index (Phi) is 8.18. The Bertz CT molecular complexity index is 1150. The van der Waals surface area contributed by atoms with E-state index in [1.54, 1.807) is 43.0 Å². The average molecular weight is 501 g/mol. The molecule has 0 aromatic heterocycles. The lowest BCUT2D eigenvalue weighted by molar-refractivity contribution is -0.0550. The van der Waals surface area contributed by atoms with E-state index in [0.29, 0.717) is 17.8 Å². The van der Waals surface area contributed by atoms with Crippen LogP contribution < -0.4 is 27.1 Å². The molecule has 0 spiro atoms. The summed E-state index contributed by atoms with van der Waals surface area (Å²) in [5.74, 6) is 5.18. The number of carbonyl (C=O) groups excluding carboxylic acids is 1. The van der Waals surface area contributed by atoms with Gasteiger partial charge in [-0.15, -0.1) is 0 Å². The highest BCUT2D eigenvalue weighted by Gasteiger charge is 2.41. The SMILES string of the molecule is COCCOc1cc(N)c(C(=N)/C(N)=C/N(N)c2ccc(C(=O)N3CC[C@H]3C(C)(C)O)cc2)cc1F. The molecule has 3 rings (SSSR count). The number of hydrogen-bond acceptors (Lipinski definition) is 9. The zero-order valence-electron chi connectivity index (χ0n) is 20.6. The number of anilines is 2. The Morgan fingerprint density at radius 3 is 2.53 bits per heavy atom. The summed E-state index contributed by atoms with van der Waals surface area (Å²) >= 11 is 0. The molecule has 8 N–H and O–H groups in total.